The number of para-hydroxylation sites is 1. The number of aromatic nitrogens is 3. The third-order valence-electron chi connectivity index (χ3n) is 2.72. The number of carboxylic acids is 1. The molecule has 0 aliphatic carbocycles. The molecule has 3 aromatic rings. The Morgan fingerprint density at radius 2 is 2.15 bits per heavy atom. The van der Waals surface area contributed by atoms with Gasteiger partial charge in [0.1, 0.15) is 17.2 Å². The Labute approximate surface area is 118 Å². The molecule has 7 heteroatoms. The van der Waals surface area contributed by atoms with Crippen molar-refractivity contribution in [3.63, 3.8) is 0 Å². The Bertz CT molecular complexity index is 766. The minimum absolute atomic E-state index is 0.0688. The molecule has 20 heavy (non-hydrogen) atoms. The minimum Gasteiger partial charge on any atom is -0.476 e. The number of fused-ring (bicyclic) bond motifs is 1. The molecule has 0 saturated heterocycles. The number of nitrogens with one attached hydrogen (secondary N) is 1. The molecule has 0 aliphatic heterocycles. The van der Waals surface area contributed by atoms with Crippen LogP contribution < -0.4 is 5.32 Å². The van der Waals surface area contributed by atoms with Crippen molar-refractivity contribution < 1.29 is 9.90 Å². The van der Waals surface area contributed by atoms with Crippen molar-refractivity contribution in [2.24, 2.45) is 0 Å². The van der Waals surface area contributed by atoms with E-state index in [0.717, 1.165) is 10.9 Å². The van der Waals surface area contributed by atoms with Gasteiger partial charge in [0.15, 0.2) is 5.69 Å². The van der Waals surface area contributed by atoms with Gasteiger partial charge in [-0.15, -0.1) is 11.3 Å². The molecule has 3 rings (SSSR count). The molecule has 100 valence electrons. The van der Waals surface area contributed by atoms with E-state index in [1.807, 2.05) is 24.3 Å². The Morgan fingerprint density at radius 3 is 2.95 bits per heavy atom. The number of aromatic carboxylic acids is 1. The molecule has 2 N–H and O–H groups in total. The first-order chi connectivity index (χ1) is 9.74. The Hall–Kier alpha value is -2.54. The summed E-state index contributed by atoms with van der Waals surface area (Å²) in [6, 6.07) is 7.68. The number of hydrogen-bond acceptors (Lipinski definition) is 6. The van der Waals surface area contributed by atoms with Crippen LogP contribution in [-0.4, -0.2) is 26.0 Å². The van der Waals surface area contributed by atoms with E-state index < -0.39 is 5.97 Å². The van der Waals surface area contributed by atoms with Crippen molar-refractivity contribution >= 4 is 34.0 Å². The van der Waals surface area contributed by atoms with E-state index >= 15 is 0 Å². The fraction of sp³-hybridized carbons (Fsp3) is 0.0769. The third kappa shape index (κ3) is 2.43. The summed E-state index contributed by atoms with van der Waals surface area (Å²) >= 11 is 1.30. The van der Waals surface area contributed by atoms with Gasteiger partial charge in [0.2, 0.25) is 0 Å². The van der Waals surface area contributed by atoms with Crippen LogP contribution in [0.2, 0.25) is 0 Å². The molecule has 0 radical (unpaired) electrons. The molecule has 0 unspecified atom stereocenters. The molecule has 0 spiro atoms. The van der Waals surface area contributed by atoms with Gasteiger partial charge in [-0.3, -0.25) is 0 Å². The Balaban J connectivity index is 1.81. The highest BCUT2D eigenvalue weighted by atomic mass is 32.1. The summed E-state index contributed by atoms with van der Waals surface area (Å²) in [7, 11) is 0. The van der Waals surface area contributed by atoms with Gasteiger partial charge in [-0.2, -0.15) is 0 Å². The first-order valence-corrected chi connectivity index (χ1v) is 6.73. The standard InChI is InChI=1S/C13H10N4O2S/c18-13(19)10-6-20-11(17-10)5-14-12-8-3-1-2-4-9(8)15-7-16-12/h1-4,6-7H,5H2,(H,18,19)(H,14,15,16). The molecule has 2 aromatic heterocycles. The minimum atomic E-state index is -1.01. The predicted octanol–water partition coefficient (Wildman–Crippen LogP) is 2.40. The summed E-state index contributed by atoms with van der Waals surface area (Å²) in [5.41, 5.74) is 0.926. The van der Waals surface area contributed by atoms with Crippen LogP contribution >= 0.6 is 11.3 Å². The van der Waals surface area contributed by atoms with E-state index in [4.69, 9.17) is 5.11 Å². The summed E-state index contributed by atoms with van der Waals surface area (Å²) in [5.74, 6) is -0.303. The lowest BCUT2D eigenvalue weighted by Gasteiger charge is -2.06. The van der Waals surface area contributed by atoms with E-state index in [1.54, 1.807) is 0 Å². The smallest absolute Gasteiger partial charge is 0.355 e. The van der Waals surface area contributed by atoms with Crippen LogP contribution in [-0.2, 0) is 6.54 Å². The Kier molecular flexibility index (Phi) is 3.26. The molecule has 0 fully saturated rings. The van der Waals surface area contributed by atoms with Crippen molar-refractivity contribution in [2.75, 3.05) is 5.32 Å². The number of benzene rings is 1. The Morgan fingerprint density at radius 1 is 1.30 bits per heavy atom. The van der Waals surface area contributed by atoms with Gasteiger partial charge in [-0.05, 0) is 12.1 Å². The molecule has 0 atom stereocenters. The van der Waals surface area contributed by atoms with Crippen molar-refractivity contribution in [1.29, 1.82) is 0 Å². The zero-order valence-electron chi connectivity index (χ0n) is 10.3. The fourth-order valence-corrected chi connectivity index (χ4v) is 2.50. The molecule has 1 aromatic carbocycles. The monoisotopic (exact) mass is 286 g/mol. The molecule has 0 aliphatic rings. The van der Waals surface area contributed by atoms with E-state index in [2.05, 4.69) is 20.3 Å². The number of rotatable bonds is 4. The molecular formula is C13H10N4O2S. The highest BCUT2D eigenvalue weighted by Gasteiger charge is 2.09. The second kappa shape index (κ2) is 5.22. The maximum absolute atomic E-state index is 10.8. The molecule has 2 heterocycles. The number of anilines is 1. The SMILES string of the molecule is O=C(O)c1csc(CNc2ncnc3ccccc23)n1. The zero-order valence-corrected chi connectivity index (χ0v) is 11.1. The lowest BCUT2D eigenvalue weighted by molar-refractivity contribution is 0.0691. The van der Waals surface area contributed by atoms with Gasteiger partial charge in [0.25, 0.3) is 0 Å². The fourth-order valence-electron chi connectivity index (χ4n) is 1.80. The maximum atomic E-state index is 10.8. The predicted molar refractivity (Wildman–Crippen MR) is 75.9 cm³/mol. The van der Waals surface area contributed by atoms with Crippen LogP contribution in [0.1, 0.15) is 15.5 Å². The molecule has 0 saturated carbocycles. The number of carbonyl (C=O) groups is 1. The number of nitrogens with zero attached hydrogens (tertiary/aromatic N) is 3. The normalized spacial score (nSPS) is 10.6. The van der Waals surface area contributed by atoms with Crippen LogP contribution in [0.5, 0.6) is 0 Å². The third-order valence-corrected chi connectivity index (χ3v) is 3.57. The van der Waals surface area contributed by atoms with Crippen molar-refractivity contribution in [3.05, 3.63) is 46.7 Å². The summed E-state index contributed by atoms with van der Waals surface area (Å²) < 4.78 is 0. The van der Waals surface area contributed by atoms with Crippen molar-refractivity contribution in [3.8, 4) is 0 Å². The average Bonchev–Trinajstić information content (AvgIpc) is 2.94. The lowest BCUT2D eigenvalue weighted by atomic mass is 10.2. The van der Waals surface area contributed by atoms with Gasteiger partial charge in [-0.1, -0.05) is 12.1 Å². The van der Waals surface area contributed by atoms with E-state index in [-0.39, 0.29) is 5.69 Å². The molecule has 0 amide bonds. The largest absolute Gasteiger partial charge is 0.476 e. The van der Waals surface area contributed by atoms with Crippen LogP contribution in [0.15, 0.2) is 36.0 Å². The van der Waals surface area contributed by atoms with E-state index in [1.165, 1.54) is 23.0 Å². The maximum Gasteiger partial charge on any atom is 0.355 e. The number of thiazole rings is 1. The van der Waals surface area contributed by atoms with E-state index in [0.29, 0.717) is 17.4 Å². The topological polar surface area (TPSA) is 88.0 Å². The second-order valence-corrected chi connectivity index (χ2v) is 4.97. The van der Waals surface area contributed by atoms with E-state index in [9.17, 15) is 4.79 Å². The van der Waals surface area contributed by atoms with Crippen LogP contribution in [0.25, 0.3) is 10.9 Å². The summed E-state index contributed by atoms with van der Waals surface area (Å²) in [5, 5.41) is 15.1. The summed E-state index contributed by atoms with van der Waals surface area (Å²) in [6.45, 7) is 0.430. The lowest BCUT2D eigenvalue weighted by Crippen LogP contribution is -2.03. The first-order valence-electron chi connectivity index (χ1n) is 5.85. The number of hydrogen-bond donors (Lipinski definition) is 2. The van der Waals surface area contributed by atoms with Gasteiger partial charge in [0, 0.05) is 10.8 Å². The van der Waals surface area contributed by atoms with Gasteiger partial charge < -0.3 is 10.4 Å². The molecular weight excluding hydrogens is 276 g/mol. The van der Waals surface area contributed by atoms with Crippen molar-refractivity contribution in [1.82, 2.24) is 15.0 Å². The zero-order chi connectivity index (χ0) is 13.9. The quantitative estimate of drug-likeness (QED) is 0.765. The second-order valence-electron chi connectivity index (χ2n) is 4.02. The van der Waals surface area contributed by atoms with Gasteiger partial charge in [0.05, 0.1) is 12.1 Å². The van der Waals surface area contributed by atoms with Gasteiger partial charge >= 0.3 is 5.97 Å². The average molecular weight is 286 g/mol. The van der Waals surface area contributed by atoms with Crippen LogP contribution in [0.4, 0.5) is 5.82 Å². The number of carboxylic acid groups (broad SMARTS) is 1. The summed E-state index contributed by atoms with van der Waals surface area (Å²) in [6.07, 6.45) is 1.50. The highest BCUT2D eigenvalue weighted by Crippen LogP contribution is 2.19. The molecule has 6 nitrogen and oxygen atoms in total. The molecule has 0 bridgehead atoms. The van der Waals surface area contributed by atoms with Gasteiger partial charge in [-0.25, -0.2) is 19.7 Å². The highest BCUT2D eigenvalue weighted by molar-refractivity contribution is 7.09. The van der Waals surface area contributed by atoms with Crippen LogP contribution in [0.3, 0.4) is 0 Å². The summed E-state index contributed by atoms with van der Waals surface area (Å²) in [4.78, 5) is 23.2. The van der Waals surface area contributed by atoms with Crippen LogP contribution in [0, 0.1) is 0 Å². The van der Waals surface area contributed by atoms with Crippen molar-refractivity contribution in [2.45, 2.75) is 6.54 Å². The first kappa shape index (κ1) is 12.5.